The van der Waals surface area contributed by atoms with Crippen molar-refractivity contribution in [3.8, 4) is 0 Å². The molecule has 0 aromatic carbocycles. The first kappa shape index (κ1) is 10.5. The molecule has 1 aliphatic rings. The van der Waals surface area contributed by atoms with Gasteiger partial charge in [-0.2, -0.15) is 0 Å². The molecule has 0 aromatic rings. The Labute approximate surface area is 80.0 Å². The van der Waals surface area contributed by atoms with Gasteiger partial charge in [-0.05, 0) is 12.8 Å². The van der Waals surface area contributed by atoms with Gasteiger partial charge in [0.25, 0.3) is 0 Å². The lowest BCUT2D eigenvalue weighted by Gasteiger charge is -2.06. The molecule has 0 unspecified atom stereocenters. The van der Waals surface area contributed by atoms with Crippen LogP contribution in [-0.4, -0.2) is 17.5 Å². The van der Waals surface area contributed by atoms with Crippen molar-refractivity contribution in [2.45, 2.75) is 45.3 Å². The molecular weight excluding hydrogens is 164 g/mol. The topological polar surface area (TPSA) is 29.6 Å². The SMILES string of the molecule is C=C[C@@H]1O[C@@]1(C)CC(=O)CC(C)C. The van der Waals surface area contributed by atoms with Crippen LogP contribution in [0.5, 0.6) is 0 Å². The molecule has 0 N–H and O–H groups in total. The average molecular weight is 182 g/mol. The van der Waals surface area contributed by atoms with Crippen molar-refractivity contribution in [2.75, 3.05) is 0 Å². The molecule has 1 rings (SSSR count). The number of carbonyl (C=O) groups excluding carboxylic acids is 1. The highest BCUT2D eigenvalue weighted by Crippen LogP contribution is 2.40. The second-order valence-electron chi connectivity index (χ2n) is 4.40. The van der Waals surface area contributed by atoms with Gasteiger partial charge < -0.3 is 4.74 Å². The average Bonchev–Trinajstić information content (AvgIpc) is 2.58. The Morgan fingerprint density at radius 3 is 2.69 bits per heavy atom. The molecule has 0 amide bonds. The molecule has 2 atom stereocenters. The Morgan fingerprint density at radius 1 is 1.69 bits per heavy atom. The van der Waals surface area contributed by atoms with Gasteiger partial charge in [0.1, 0.15) is 17.5 Å². The fourth-order valence-electron chi connectivity index (χ4n) is 1.61. The number of carbonyl (C=O) groups is 1. The number of ketones is 1. The molecule has 1 saturated heterocycles. The minimum absolute atomic E-state index is 0.0867. The number of hydrogen-bond acceptors (Lipinski definition) is 2. The molecule has 0 radical (unpaired) electrons. The fraction of sp³-hybridized carbons (Fsp3) is 0.727. The third kappa shape index (κ3) is 2.66. The normalized spacial score (nSPS) is 31.8. The number of Topliss-reactive ketones (excluding diaryl/α,β-unsaturated/α-hetero) is 1. The Kier molecular flexibility index (Phi) is 2.91. The number of epoxide rings is 1. The Morgan fingerprint density at radius 2 is 2.31 bits per heavy atom. The van der Waals surface area contributed by atoms with E-state index in [2.05, 4.69) is 20.4 Å². The Hall–Kier alpha value is -0.630. The molecule has 0 aliphatic carbocycles. The van der Waals surface area contributed by atoms with Crippen molar-refractivity contribution in [1.29, 1.82) is 0 Å². The number of hydrogen-bond donors (Lipinski definition) is 0. The van der Waals surface area contributed by atoms with Crippen molar-refractivity contribution >= 4 is 5.78 Å². The summed E-state index contributed by atoms with van der Waals surface area (Å²) in [6.07, 6.45) is 3.04. The highest BCUT2D eigenvalue weighted by molar-refractivity contribution is 5.80. The molecule has 13 heavy (non-hydrogen) atoms. The first-order chi connectivity index (χ1) is 5.98. The van der Waals surface area contributed by atoms with Crippen LogP contribution in [0.4, 0.5) is 0 Å². The van der Waals surface area contributed by atoms with Crippen molar-refractivity contribution < 1.29 is 9.53 Å². The highest BCUT2D eigenvalue weighted by Gasteiger charge is 2.51. The standard InChI is InChI=1S/C11H18O2/c1-5-10-11(4,13-10)7-9(12)6-8(2)3/h5,8,10H,1,6-7H2,2-4H3/t10-,11-/m0/s1. The first-order valence-corrected chi connectivity index (χ1v) is 4.80. The second kappa shape index (κ2) is 3.62. The van der Waals surface area contributed by atoms with Gasteiger partial charge in [0.2, 0.25) is 0 Å². The zero-order valence-corrected chi connectivity index (χ0v) is 8.67. The molecule has 2 heteroatoms. The maximum Gasteiger partial charge on any atom is 0.136 e. The van der Waals surface area contributed by atoms with E-state index in [1.54, 1.807) is 6.08 Å². The summed E-state index contributed by atoms with van der Waals surface area (Å²) in [6.45, 7) is 9.73. The van der Waals surface area contributed by atoms with E-state index in [4.69, 9.17) is 4.74 Å². The lowest BCUT2D eigenvalue weighted by Crippen LogP contribution is -2.16. The van der Waals surface area contributed by atoms with E-state index >= 15 is 0 Å². The van der Waals surface area contributed by atoms with Crippen LogP contribution < -0.4 is 0 Å². The smallest absolute Gasteiger partial charge is 0.136 e. The predicted molar refractivity (Wildman–Crippen MR) is 52.6 cm³/mol. The zero-order valence-electron chi connectivity index (χ0n) is 8.67. The Bertz CT molecular complexity index is 220. The molecule has 1 fully saturated rings. The van der Waals surface area contributed by atoms with E-state index in [0.717, 1.165) is 0 Å². The van der Waals surface area contributed by atoms with E-state index in [0.29, 0.717) is 24.5 Å². The monoisotopic (exact) mass is 182 g/mol. The maximum absolute atomic E-state index is 11.5. The number of rotatable bonds is 5. The van der Waals surface area contributed by atoms with Crippen LogP contribution in [-0.2, 0) is 9.53 Å². The van der Waals surface area contributed by atoms with Gasteiger partial charge in [-0.15, -0.1) is 6.58 Å². The molecule has 0 aromatic heterocycles. The van der Waals surface area contributed by atoms with Gasteiger partial charge in [-0.1, -0.05) is 19.9 Å². The summed E-state index contributed by atoms with van der Waals surface area (Å²) in [4.78, 5) is 11.5. The third-order valence-corrected chi connectivity index (χ3v) is 2.34. The van der Waals surface area contributed by atoms with Gasteiger partial charge in [-0.25, -0.2) is 0 Å². The lowest BCUT2D eigenvalue weighted by atomic mass is 9.96. The molecule has 2 nitrogen and oxygen atoms in total. The quantitative estimate of drug-likeness (QED) is 0.482. The minimum Gasteiger partial charge on any atom is -0.361 e. The van der Waals surface area contributed by atoms with E-state index in [9.17, 15) is 4.79 Å². The fourth-order valence-corrected chi connectivity index (χ4v) is 1.61. The third-order valence-electron chi connectivity index (χ3n) is 2.34. The highest BCUT2D eigenvalue weighted by atomic mass is 16.6. The lowest BCUT2D eigenvalue weighted by molar-refractivity contribution is -0.120. The van der Waals surface area contributed by atoms with Crippen LogP contribution in [0.2, 0.25) is 0 Å². The van der Waals surface area contributed by atoms with Crippen molar-refractivity contribution in [1.82, 2.24) is 0 Å². The van der Waals surface area contributed by atoms with Gasteiger partial charge in [0, 0.05) is 12.8 Å². The van der Waals surface area contributed by atoms with Gasteiger partial charge in [-0.3, -0.25) is 4.79 Å². The molecule has 1 aliphatic heterocycles. The minimum atomic E-state index is -0.242. The summed E-state index contributed by atoms with van der Waals surface area (Å²) in [7, 11) is 0. The molecule has 74 valence electrons. The molecule has 0 saturated carbocycles. The van der Waals surface area contributed by atoms with Crippen LogP contribution in [0.1, 0.15) is 33.6 Å². The van der Waals surface area contributed by atoms with Crippen molar-refractivity contribution in [3.63, 3.8) is 0 Å². The number of ether oxygens (including phenoxy) is 1. The van der Waals surface area contributed by atoms with E-state index in [1.807, 2.05) is 6.92 Å². The largest absolute Gasteiger partial charge is 0.361 e. The van der Waals surface area contributed by atoms with E-state index < -0.39 is 0 Å². The summed E-state index contributed by atoms with van der Waals surface area (Å²) < 4.78 is 5.37. The summed E-state index contributed by atoms with van der Waals surface area (Å²) in [6, 6.07) is 0. The maximum atomic E-state index is 11.5. The first-order valence-electron chi connectivity index (χ1n) is 4.80. The van der Waals surface area contributed by atoms with Crippen molar-refractivity contribution in [2.24, 2.45) is 5.92 Å². The summed E-state index contributed by atoms with van der Waals surface area (Å²) >= 11 is 0. The van der Waals surface area contributed by atoms with Crippen LogP contribution in [0, 0.1) is 5.92 Å². The van der Waals surface area contributed by atoms with Crippen LogP contribution in [0.15, 0.2) is 12.7 Å². The van der Waals surface area contributed by atoms with Crippen LogP contribution >= 0.6 is 0 Å². The predicted octanol–water partition coefficient (Wildman–Crippen LogP) is 2.34. The van der Waals surface area contributed by atoms with Crippen molar-refractivity contribution in [3.05, 3.63) is 12.7 Å². The van der Waals surface area contributed by atoms with Crippen LogP contribution in [0.25, 0.3) is 0 Å². The van der Waals surface area contributed by atoms with Gasteiger partial charge >= 0.3 is 0 Å². The van der Waals surface area contributed by atoms with Gasteiger partial charge in [0.15, 0.2) is 0 Å². The zero-order chi connectivity index (χ0) is 10.1. The van der Waals surface area contributed by atoms with Gasteiger partial charge in [0.05, 0.1) is 0 Å². The summed E-state index contributed by atoms with van der Waals surface area (Å²) in [5, 5.41) is 0. The molecular formula is C11H18O2. The second-order valence-corrected chi connectivity index (χ2v) is 4.40. The molecule has 1 heterocycles. The van der Waals surface area contributed by atoms with E-state index in [-0.39, 0.29) is 11.7 Å². The Balaban J connectivity index is 2.33. The summed E-state index contributed by atoms with van der Waals surface area (Å²) in [5.74, 6) is 0.735. The molecule has 0 bridgehead atoms. The van der Waals surface area contributed by atoms with E-state index in [1.165, 1.54) is 0 Å². The summed E-state index contributed by atoms with van der Waals surface area (Å²) in [5.41, 5.74) is -0.242. The molecule has 0 spiro atoms. The van der Waals surface area contributed by atoms with Crippen LogP contribution in [0.3, 0.4) is 0 Å².